The van der Waals surface area contributed by atoms with Crippen LogP contribution in [0.5, 0.6) is 0 Å². The van der Waals surface area contributed by atoms with Gasteiger partial charge in [0.1, 0.15) is 5.65 Å². The van der Waals surface area contributed by atoms with Gasteiger partial charge < -0.3 is 9.80 Å². The Labute approximate surface area is 159 Å². The Balaban J connectivity index is 1.59. The molecule has 8 heteroatoms. The number of aromatic amines is 2. The molecule has 0 spiro atoms. The topological polar surface area (TPSA) is 102 Å². The molecule has 2 N–H and O–H groups in total. The summed E-state index contributed by atoms with van der Waals surface area (Å²) in [6.45, 7) is 1.61. The van der Waals surface area contributed by atoms with E-state index in [1.165, 1.54) is 12.3 Å². The summed E-state index contributed by atoms with van der Waals surface area (Å²) >= 11 is 0. The fourth-order valence-electron chi connectivity index (χ4n) is 4.26. The number of piperidine rings is 1. The van der Waals surface area contributed by atoms with Crippen molar-refractivity contribution in [1.29, 1.82) is 0 Å². The van der Waals surface area contributed by atoms with E-state index in [0.717, 1.165) is 37.2 Å². The maximum atomic E-state index is 13.3. The summed E-state index contributed by atoms with van der Waals surface area (Å²) in [6.07, 6.45) is 4.78. The van der Waals surface area contributed by atoms with Crippen LogP contribution < -0.4 is 21.0 Å². The average Bonchev–Trinajstić information content (AvgIpc) is 2.72. The van der Waals surface area contributed by atoms with E-state index < -0.39 is 11.2 Å². The number of nitrogens with zero attached hydrogens (tertiary/aromatic N) is 3. The van der Waals surface area contributed by atoms with Gasteiger partial charge in [0.15, 0.2) is 0 Å². The van der Waals surface area contributed by atoms with Crippen LogP contribution in [0.3, 0.4) is 0 Å². The molecule has 1 aromatic carbocycles. The zero-order valence-electron chi connectivity index (χ0n) is 15.1. The van der Waals surface area contributed by atoms with E-state index in [0.29, 0.717) is 18.2 Å². The van der Waals surface area contributed by atoms with E-state index in [4.69, 9.17) is 0 Å². The molecule has 1 unspecified atom stereocenters. The fourth-order valence-corrected chi connectivity index (χ4v) is 4.26. The van der Waals surface area contributed by atoms with Gasteiger partial charge in [0.2, 0.25) is 0 Å². The van der Waals surface area contributed by atoms with Gasteiger partial charge in [-0.3, -0.25) is 19.6 Å². The van der Waals surface area contributed by atoms with Crippen molar-refractivity contribution in [2.24, 2.45) is 0 Å². The van der Waals surface area contributed by atoms with Crippen molar-refractivity contribution in [1.82, 2.24) is 15.0 Å². The maximum Gasteiger partial charge on any atom is 0.327 e. The van der Waals surface area contributed by atoms with Gasteiger partial charge in [0, 0.05) is 25.3 Å². The molecule has 1 amide bonds. The van der Waals surface area contributed by atoms with Crippen LogP contribution in [-0.2, 0) is 0 Å². The van der Waals surface area contributed by atoms with Crippen molar-refractivity contribution in [2.75, 3.05) is 22.9 Å². The van der Waals surface area contributed by atoms with E-state index in [1.54, 1.807) is 4.90 Å². The van der Waals surface area contributed by atoms with Crippen LogP contribution >= 0.6 is 0 Å². The third-order valence-corrected chi connectivity index (χ3v) is 5.59. The van der Waals surface area contributed by atoms with E-state index in [1.807, 2.05) is 18.2 Å². The smallest absolute Gasteiger partial charge is 0.327 e. The summed E-state index contributed by atoms with van der Waals surface area (Å²) in [5, 5.41) is 0.190. The van der Waals surface area contributed by atoms with Gasteiger partial charge >= 0.3 is 5.69 Å². The number of pyridine rings is 1. The summed E-state index contributed by atoms with van der Waals surface area (Å²) in [5.41, 5.74) is 1.26. The number of H-pyrrole nitrogens is 2. The van der Waals surface area contributed by atoms with Gasteiger partial charge in [-0.25, -0.2) is 9.78 Å². The van der Waals surface area contributed by atoms with Crippen LogP contribution in [-0.4, -0.2) is 40.0 Å². The Hall–Kier alpha value is -3.42. The highest BCUT2D eigenvalue weighted by atomic mass is 16.2. The standard InChI is InChI=1S/C20H19N5O3/c26-18-14-9-12(10-21-17(14)22-20(28)23-18)19(27)25-11-13-5-3-4-8-24(13)15-6-1-2-7-16(15)25/h1-2,6-7,9-10,13H,3-5,8,11H2,(H2,21,22,23,26,28). The minimum absolute atomic E-state index is 0.169. The number of fused-ring (bicyclic) bond motifs is 4. The minimum Gasteiger partial charge on any atom is -0.365 e. The first-order valence-corrected chi connectivity index (χ1v) is 9.42. The Kier molecular flexibility index (Phi) is 3.78. The highest BCUT2D eigenvalue weighted by molar-refractivity contribution is 6.09. The second-order valence-corrected chi connectivity index (χ2v) is 7.28. The molecule has 1 saturated heterocycles. The first kappa shape index (κ1) is 16.7. The number of amides is 1. The molecule has 4 heterocycles. The van der Waals surface area contributed by atoms with Gasteiger partial charge in [-0.05, 0) is 37.5 Å². The maximum absolute atomic E-state index is 13.3. The van der Waals surface area contributed by atoms with Crippen LogP contribution in [0, 0.1) is 0 Å². The molecular weight excluding hydrogens is 358 g/mol. The SMILES string of the molecule is O=C(c1cnc2[nH]c(=O)[nH]c(=O)c2c1)N1CC2CCCCN2c2ccccc21. The molecule has 1 fully saturated rings. The molecule has 5 rings (SSSR count). The normalized spacial score (nSPS) is 18.6. The van der Waals surface area contributed by atoms with Gasteiger partial charge in [-0.15, -0.1) is 0 Å². The number of para-hydroxylation sites is 2. The second kappa shape index (κ2) is 6.33. The van der Waals surface area contributed by atoms with Crippen LogP contribution in [0.1, 0.15) is 29.6 Å². The number of rotatable bonds is 1. The molecule has 0 bridgehead atoms. The molecular formula is C20H19N5O3. The van der Waals surface area contributed by atoms with Crippen LogP contribution in [0.25, 0.3) is 11.0 Å². The van der Waals surface area contributed by atoms with Crippen molar-refractivity contribution in [3.8, 4) is 0 Å². The fraction of sp³-hybridized carbons (Fsp3) is 0.300. The minimum atomic E-state index is -0.619. The molecule has 0 saturated carbocycles. The molecule has 142 valence electrons. The molecule has 8 nitrogen and oxygen atoms in total. The van der Waals surface area contributed by atoms with E-state index in [9.17, 15) is 14.4 Å². The predicted molar refractivity (Wildman–Crippen MR) is 106 cm³/mol. The van der Waals surface area contributed by atoms with Crippen LogP contribution in [0.2, 0.25) is 0 Å². The molecule has 3 aromatic rings. The third kappa shape index (κ3) is 2.60. The van der Waals surface area contributed by atoms with Crippen molar-refractivity contribution in [3.05, 3.63) is 62.9 Å². The number of carbonyl (C=O) groups is 1. The first-order chi connectivity index (χ1) is 13.6. The van der Waals surface area contributed by atoms with Gasteiger partial charge in [-0.1, -0.05) is 12.1 Å². The summed E-state index contributed by atoms with van der Waals surface area (Å²) in [6, 6.07) is 9.72. The third-order valence-electron chi connectivity index (χ3n) is 5.59. The largest absolute Gasteiger partial charge is 0.365 e. The molecule has 28 heavy (non-hydrogen) atoms. The van der Waals surface area contributed by atoms with Crippen molar-refractivity contribution in [3.63, 3.8) is 0 Å². The van der Waals surface area contributed by atoms with Crippen molar-refractivity contribution in [2.45, 2.75) is 25.3 Å². The Bertz CT molecular complexity index is 1200. The Morgan fingerprint density at radius 2 is 1.93 bits per heavy atom. The number of nitrogens with one attached hydrogen (secondary N) is 2. The lowest BCUT2D eigenvalue weighted by Crippen LogP contribution is -2.53. The summed E-state index contributed by atoms with van der Waals surface area (Å²) < 4.78 is 0. The summed E-state index contributed by atoms with van der Waals surface area (Å²) in [5.74, 6) is -0.197. The lowest BCUT2D eigenvalue weighted by atomic mass is 9.96. The van der Waals surface area contributed by atoms with E-state index >= 15 is 0 Å². The summed E-state index contributed by atoms with van der Waals surface area (Å²) in [7, 11) is 0. The van der Waals surface area contributed by atoms with E-state index in [-0.39, 0.29) is 16.9 Å². The lowest BCUT2D eigenvalue weighted by molar-refractivity contribution is 0.0982. The zero-order valence-corrected chi connectivity index (χ0v) is 15.1. The number of hydrogen-bond acceptors (Lipinski definition) is 5. The number of benzene rings is 1. The van der Waals surface area contributed by atoms with Gasteiger partial charge in [0.25, 0.3) is 11.5 Å². The first-order valence-electron chi connectivity index (χ1n) is 9.42. The predicted octanol–water partition coefficient (Wildman–Crippen LogP) is 1.63. The number of carbonyl (C=O) groups excluding carboxylic acids is 1. The molecule has 0 radical (unpaired) electrons. The molecule has 1 atom stereocenters. The van der Waals surface area contributed by atoms with Crippen LogP contribution in [0.15, 0.2) is 46.1 Å². The van der Waals surface area contributed by atoms with Gasteiger partial charge in [0.05, 0.1) is 22.3 Å². The number of aromatic nitrogens is 3. The zero-order chi connectivity index (χ0) is 19.3. The number of anilines is 2. The van der Waals surface area contributed by atoms with E-state index in [2.05, 4.69) is 25.9 Å². The highest BCUT2D eigenvalue weighted by Crippen LogP contribution is 2.39. The van der Waals surface area contributed by atoms with Crippen LogP contribution in [0.4, 0.5) is 11.4 Å². The number of hydrogen-bond donors (Lipinski definition) is 2. The molecule has 2 aromatic heterocycles. The molecule has 2 aliphatic heterocycles. The monoisotopic (exact) mass is 377 g/mol. The average molecular weight is 377 g/mol. The second-order valence-electron chi connectivity index (χ2n) is 7.28. The van der Waals surface area contributed by atoms with Gasteiger partial charge in [-0.2, -0.15) is 0 Å². The van der Waals surface area contributed by atoms with Crippen molar-refractivity contribution >= 4 is 28.3 Å². The molecule has 0 aliphatic carbocycles. The molecule has 2 aliphatic rings. The lowest BCUT2D eigenvalue weighted by Gasteiger charge is -2.46. The Morgan fingerprint density at radius 1 is 1.11 bits per heavy atom. The Morgan fingerprint density at radius 3 is 2.79 bits per heavy atom. The quantitative estimate of drug-likeness (QED) is 0.671. The summed E-state index contributed by atoms with van der Waals surface area (Å²) in [4.78, 5) is 49.8. The highest BCUT2D eigenvalue weighted by Gasteiger charge is 2.35. The van der Waals surface area contributed by atoms with Crippen molar-refractivity contribution < 1.29 is 4.79 Å².